The largest absolute Gasteiger partial charge is 0.310 e. The van der Waals surface area contributed by atoms with Crippen molar-refractivity contribution in [2.24, 2.45) is 0 Å². The summed E-state index contributed by atoms with van der Waals surface area (Å²) in [6.07, 6.45) is 0. The Balaban J connectivity index is 1.15. The average molecular weight is 1040 g/mol. The highest BCUT2D eigenvalue weighted by Gasteiger charge is 2.27. The summed E-state index contributed by atoms with van der Waals surface area (Å²) in [7, 11) is 0. The summed E-state index contributed by atoms with van der Waals surface area (Å²) in [4.78, 5) is 8.31. The SMILES string of the molecule is [C-]#[N+]c1ccc(-c2cccc(-n3c4ccc(-c5cc(C)cc(C)c5)cc4c4cc(-c5cc(C)cc(C)c5)ccc43)c2-c2c([N+]#[C-])cccc2-n2c3ccc(-c4cc(C)cc(C)c4)cc3c3cc(-c4cc(C)cc(C)c4)ccc32)c(C)c1. The Labute approximate surface area is 475 Å². The lowest BCUT2D eigenvalue weighted by Crippen LogP contribution is -2.04. The molecule has 4 nitrogen and oxygen atoms in total. The first-order valence-electron chi connectivity index (χ1n) is 27.8. The summed E-state index contributed by atoms with van der Waals surface area (Å²) in [5.41, 5.74) is 31.1. The Bertz CT molecular complexity index is 4590. The molecule has 0 saturated heterocycles. The maximum atomic E-state index is 9.12. The number of aryl methyl sites for hydroxylation is 9. The van der Waals surface area contributed by atoms with E-state index < -0.39 is 0 Å². The highest BCUT2D eigenvalue weighted by Crippen LogP contribution is 2.50. The summed E-state index contributed by atoms with van der Waals surface area (Å²) in [5, 5.41) is 4.55. The first kappa shape index (κ1) is 50.5. The van der Waals surface area contributed by atoms with Crippen molar-refractivity contribution in [3.8, 4) is 78.1 Å². The fraction of sp³-hybridized carbons (Fsp3) is 0.117. The second kappa shape index (κ2) is 19.7. The lowest BCUT2D eigenvalue weighted by Gasteiger charge is -2.23. The Morgan fingerprint density at radius 2 is 0.630 bits per heavy atom. The van der Waals surface area contributed by atoms with Gasteiger partial charge in [-0.05, 0) is 179 Å². The second-order valence-electron chi connectivity index (χ2n) is 22.7. The normalized spacial score (nSPS) is 11.5. The minimum atomic E-state index is 0.542. The van der Waals surface area contributed by atoms with Gasteiger partial charge in [-0.15, -0.1) is 0 Å². The fourth-order valence-corrected chi connectivity index (χ4v) is 13.1. The molecule has 0 aliphatic rings. The van der Waals surface area contributed by atoms with Crippen LogP contribution in [-0.2, 0) is 0 Å². The molecule has 4 heteroatoms. The quantitative estimate of drug-likeness (QED) is 0.135. The van der Waals surface area contributed by atoms with Gasteiger partial charge in [-0.3, -0.25) is 0 Å². The van der Waals surface area contributed by atoms with Crippen molar-refractivity contribution in [1.82, 2.24) is 9.13 Å². The predicted octanol–water partition coefficient (Wildman–Crippen LogP) is 21.8. The van der Waals surface area contributed by atoms with Crippen LogP contribution < -0.4 is 0 Å². The molecule has 2 heterocycles. The van der Waals surface area contributed by atoms with Crippen LogP contribution in [0.1, 0.15) is 50.1 Å². The maximum Gasteiger partial charge on any atom is 0.197 e. The van der Waals surface area contributed by atoms with Gasteiger partial charge in [-0.2, -0.15) is 0 Å². The van der Waals surface area contributed by atoms with Crippen LogP contribution in [0.3, 0.4) is 0 Å². The van der Waals surface area contributed by atoms with E-state index >= 15 is 0 Å². The highest BCUT2D eigenvalue weighted by molar-refractivity contribution is 6.15. The molecule has 0 bridgehead atoms. The minimum Gasteiger partial charge on any atom is -0.310 e. The summed E-state index contributed by atoms with van der Waals surface area (Å²) in [6, 6.07) is 73.6. The van der Waals surface area contributed by atoms with Gasteiger partial charge in [0, 0.05) is 38.4 Å². The van der Waals surface area contributed by atoms with E-state index in [9.17, 15) is 0 Å². The number of aromatic nitrogens is 2. The van der Waals surface area contributed by atoms with E-state index in [0.717, 1.165) is 105 Å². The van der Waals surface area contributed by atoms with Gasteiger partial charge in [0.05, 0.1) is 40.9 Å². The van der Waals surface area contributed by atoms with Crippen LogP contribution >= 0.6 is 0 Å². The van der Waals surface area contributed by atoms with Crippen LogP contribution in [0.15, 0.2) is 200 Å². The molecule has 13 rings (SSSR count). The molecule has 0 aliphatic carbocycles. The standard InChI is InChI=1S/C77H60N4/c1-45-28-46(2)33-58(32-45)54-18-24-70-65(41-54)66-42-55(59-34-47(3)29-48(4)35-59)19-25-71(66)80(70)74-16-12-14-64(63-23-22-62(78-10)40-53(63)9)76(74)77-69(79-11)15-13-17-75(77)81-72-26-20-56(60-36-49(5)30-50(6)37-60)43-67(72)68-44-57(21-27-73(68)81)61-38-51(7)31-52(8)39-61/h12-44H,1-9H3. The van der Waals surface area contributed by atoms with E-state index in [4.69, 9.17) is 13.1 Å². The molecule has 81 heavy (non-hydrogen) atoms. The molecule has 0 radical (unpaired) electrons. The summed E-state index contributed by atoms with van der Waals surface area (Å²) >= 11 is 0. The van der Waals surface area contributed by atoms with Crippen molar-refractivity contribution < 1.29 is 0 Å². The predicted molar refractivity (Wildman–Crippen MR) is 343 cm³/mol. The Hall–Kier alpha value is -10.0. The van der Waals surface area contributed by atoms with Crippen LogP contribution in [0.2, 0.25) is 0 Å². The lowest BCUT2D eigenvalue weighted by molar-refractivity contribution is 1.16. The van der Waals surface area contributed by atoms with Crippen LogP contribution in [0.5, 0.6) is 0 Å². The van der Waals surface area contributed by atoms with Crippen LogP contribution in [-0.4, -0.2) is 9.13 Å². The van der Waals surface area contributed by atoms with Crippen molar-refractivity contribution in [1.29, 1.82) is 0 Å². The van der Waals surface area contributed by atoms with Gasteiger partial charge < -0.3 is 9.13 Å². The first-order chi connectivity index (χ1) is 39.2. The van der Waals surface area contributed by atoms with Crippen LogP contribution in [0.25, 0.3) is 131 Å². The van der Waals surface area contributed by atoms with Gasteiger partial charge >= 0.3 is 0 Å². The molecular weight excluding hydrogens is 981 g/mol. The van der Waals surface area contributed by atoms with Gasteiger partial charge in [0.2, 0.25) is 0 Å². The van der Waals surface area contributed by atoms with Crippen LogP contribution in [0, 0.1) is 75.5 Å². The van der Waals surface area contributed by atoms with Crippen molar-refractivity contribution in [2.45, 2.75) is 62.3 Å². The maximum absolute atomic E-state index is 9.12. The molecule has 0 atom stereocenters. The van der Waals surface area contributed by atoms with Gasteiger partial charge in [0.1, 0.15) is 0 Å². The summed E-state index contributed by atoms with van der Waals surface area (Å²) < 4.78 is 4.84. The molecule has 0 fully saturated rings. The third-order valence-corrected chi connectivity index (χ3v) is 16.3. The minimum absolute atomic E-state index is 0.542. The zero-order valence-electron chi connectivity index (χ0n) is 47.3. The molecule has 0 N–H and O–H groups in total. The molecule has 2 aromatic heterocycles. The van der Waals surface area contributed by atoms with Crippen molar-refractivity contribution in [3.05, 3.63) is 273 Å². The van der Waals surface area contributed by atoms with Gasteiger partial charge in [0.25, 0.3) is 0 Å². The molecule has 0 spiro atoms. The Morgan fingerprint density at radius 1 is 0.284 bits per heavy atom. The van der Waals surface area contributed by atoms with E-state index in [1.54, 1.807) is 0 Å². The third-order valence-electron chi connectivity index (χ3n) is 16.3. The Kier molecular flexibility index (Phi) is 12.3. The zero-order chi connectivity index (χ0) is 56.0. The van der Waals surface area contributed by atoms with E-state index in [0.29, 0.717) is 11.4 Å². The van der Waals surface area contributed by atoms with Crippen LogP contribution in [0.4, 0.5) is 11.4 Å². The number of rotatable bonds is 8. The number of hydrogen-bond donors (Lipinski definition) is 0. The van der Waals surface area contributed by atoms with Gasteiger partial charge in [0.15, 0.2) is 11.4 Å². The van der Waals surface area contributed by atoms with E-state index in [-0.39, 0.29) is 0 Å². The number of nitrogens with zero attached hydrogens (tertiary/aromatic N) is 4. The summed E-state index contributed by atoms with van der Waals surface area (Å²) in [6.45, 7) is 36.6. The molecule has 0 aliphatic heterocycles. The molecule has 0 unspecified atom stereocenters. The van der Waals surface area contributed by atoms with Gasteiger partial charge in [-0.1, -0.05) is 190 Å². The molecule has 11 aromatic carbocycles. The fourth-order valence-electron chi connectivity index (χ4n) is 13.1. The monoisotopic (exact) mass is 1040 g/mol. The highest BCUT2D eigenvalue weighted by atomic mass is 15.0. The smallest absolute Gasteiger partial charge is 0.197 e. The van der Waals surface area contributed by atoms with Crippen molar-refractivity contribution in [2.75, 3.05) is 0 Å². The molecule has 13 aromatic rings. The van der Waals surface area contributed by atoms with Crippen molar-refractivity contribution in [3.63, 3.8) is 0 Å². The number of hydrogen-bond acceptors (Lipinski definition) is 0. The summed E-state index contributed by atoms with van der Waals surface area (Å²) in [5.74, 6) is 0. The number of benzene rings is 11. The van der Waals surface area contributed by atoms with E-state index in [1.165, 1.54) is 66.8 Å². The Morgan fingerprint density at radius 3 is 0.963 bits per heavy atom. The molecule has 0 saturated carbocycles. The second-order valence-corrected chi connectivity index (χ2v) is 22.7. The van der Waals surface area contributed by atoms with Gasteiger partial charge in [-0.25, -0.2) is 9.69 Å². The molecular formula is C77H60N4. The lowest BCUT2D eigenvalue weighted by atomic mass is 9.88. The number of fused-ring (bicyclic) bond motifs is 6. The average Bonchev–Trinajstić information content (AvgIpc) is 4.03. The topological polar surface area (TPSA) is 18.6 Å². The first-order valence-corrected chi connectivity index (χ1v) is 27.8. The zero-order valence-corrected chi connectivity index (χ0v) is 47.3. The van der Waals surface area contributed by atoms with Crippen molar-refractivity contribution >= 4 is 55.0 Å². The van der Waals surface area contributed by atoms with E-state index in [1.807, 2.05) is 24.3 Å². The molecule has 388 valence electrons. The van der Waals surface area contributed by atoms with E-state index in [2.05, 4.69) is 257 Å². The molecule has 0 amide bonds. The third kappa shape index (κ3) is 8.87.